The number of hydrogen-bond acceptors (Lipinski definition) is 4. The van der Waals surface area contributed by atoms with Crippen LogP contribution < -0.4 is 4.72 Å². The fourth-order valence-corrected chi connectivity index (χ4v) is 2.19. The first-order chi connectivity index (χ1) is 8.62. The van der Waals surface area contributed by atoms with Gasteiger partial charge >= 0.3 is 0 Å². The zero-order chi connectivity index (χ0) is 13.0. The van der Waals surface area contributed by atoms with E-state index in [1.807, 2.05) is 0 Å². The molecule has 0 saturated carbocycles. The van der Waals surface area contributed by atoms with E-state index < -0.39 is 10.0 Å². The van der Waals surface area contributed by atoms with Crippen molar-refractivity contribution in [3.63, 3.8) is 0 Å². The minimum absolute atomic E-state index is 0.0526. The first-order valence-electron chi connectivity index (χ1n) is 5.62. The summed E-state index contributed by atoms with van der Waals surface area (Å²) in [5.74, 6) is 0.717. The Morgan fingerprint density at radius 3 is 2.89 bits per heavy atom. The van der Waals surface area contributed by atoms with Crippen LogP contribution >= 0.6 is 0 Å². The van der Waals surface area contributed by atoms with Crippen molar-refractivity contribution in [2.45, 2.75) is 13.0 Å². The molecule has 0 fully saturated rings. The number of nitrogens with one attached hydrogen (secondary N) is 1. The minimum Gasteiger partial charge on any atom is -0.467 e. The molecule has 1 atom stereocenters. The van der Waals surface area contributed by atoms with Crippen molar-refractivity contribution < 1.29 is 12.8 Å². The fourth-order valence-electron chi connectivity index (χ4n) is 1.58. The van der Waals surface area contributed by atoms with Crippen LogP contribution in [0.4, 0.5) is 0 Å². The third-order valence-electron chi connectivity index (χ3n) is 2.59. The van der Waals surface area contributed by atoms with Gasteiger partial charge in [-0.25, -0.2) is 13.1 Å². The van der Waals surface area contributed by atoms with Gasteiger partial charge in [-0.1, -0.05) is 0 Å². The van der Waals surface area contributed by atoms with Crippen molar-refractivity contribution in [1.82, 2.24) is 14.5 Å². The van der Waals surface area contributed by atoms with Crippen LogP contribution in [-0.2, 0) is 10.0 Å². The van der Waals surface area contributed by atoms with Crippen molar-refractivity contribution in [2.75, 3.05) is 12.3 Å². The molecule has 0 aliphatic rings. The van der Waals surface area contributed by atoms with E-state index in [-0.39, 0.29) is 18.3 Å². The Bertz CT molecular complexity index is 526. The topological polar surface area (TPSA) is 77.1 Å². The van der Waals surface area contributed by atoms with Gasteiger partial charge in [-0.3, -0.25) is 4.68 Å². The van der Waals surface area contributed by atoms with Gasteiger partial charge in [0.25, 0.3) is 0 Å². The van der Waals surface area contributed by atoms with Crippen molar-refractivity contribution in [3.8, 4) is 0 Å². The summed E-state index contributed by atoms with van der Waals surface area (Å²) in [6.45, 7) is 1.81. The van der Waals surface area contributed by atoms with Crippen molar-refractivity contribution in [3.05, 3.63) is 42.6 Å². The Morgan fingerprint density at radius 1 is 1.50 bits per heavy atom. The molecule has 2 aromatic heterocycles. The highest BCUT2D eigenvalue weighted by atomic mass is 32.2. The van der Waals surface area contributed by atoms with E-state index >= 15 is 0 Å². The largest absolute Gasteiger partial charge is 0.467 e. The average molecular weight is 269 g/mol. The highest BCUT2D eigenvalue weighted by molar-refractivity contribution is 7.89. The second kappa shape index (κ2) is 5.36. The van der Waals surface area contributed by atoms with Crippen LogP contribution in [0.3, 0.4) is 0 Å². The molecular weight excluding hydrogens is 254 g/mol. The molecule has 0 saturated heterocycles. The number of rotatable bonds is 6. The van der Waals surface area contributed by atoms with Crippen LogP contribution in [0.1, 0.15) is 18.7 Å². The number of furan rings is 1. The molecule has 0 aromatic carbocycles. The van der Waals surface area contributed by atoms with Crippen LogP contribution in [0.2, 0.25) is 0 Å². The summed E-state index contributed by atoms with van der Waals surface area (Å²) in [4.78, 5) is 0. The van der Waals surface area contributed by atoms with E-state index in [1.54, 1.807) is 48.5 Å². The maximum atomic E-state index is 11.5. The summed E-state index contributed by atoms with van der Waals surface area (Å²) in [5.41, 5.74) is 0. The highest BCUT2D eigenvalue weighted by Crippen LogP contribution is 2.17. The smallest absolute Gasteiger partial charge is 0.211 e. The van der Waals surface area contributed by atoms with Gasteiger partial charge in [0.1, 0.15) is 11.8 Å². The quantitative estimate of drug-likeness (QED) is 0.849. The molecule has 0 amide bonds. The summed E-state index contributed by atoms with van der Waals surface area (Å²) in [5, 5.41) is 4.12. The first-order valence-corrected chi connectivity index (χ1v) is 7.27. The highest BCUT2D eigenvalue weighted by Gasteiger charge is 2.19. The van der Waals surface area contributed by atoms with Crippen LogP contribution in [-0.4, -0.2) is 30.5 Å². The lowest BCUT2D eigenvalue weighted by Crippen LogP contribution is -2.32. The van der Waals surface area contributed by atoms with Crippen molar-refractivity contribution in [2.24, 2.45) is 0 Å². The molecule has 1 unspecified atom stereocenters. The normalized spacial score (nSPS) is 13.6. The Morgan fingerprint density at radius 2 is 2.33 bits per heavy atom. The molecule has 2 heterocycles. The number of nitrogens with zero attached hydrogens (tertiary/aromatic N) is 2. The second-order valence-electron chi connectivity index (χ2n) is 3.77. The van der Waals surface area contributed by atoms with Gasteiger partial charge in [-0.2, -0.15) is 5.10 Å². The van der Waals surface area contributed by atoms with Crippen molar-refractivity contribution >= 4 is 10.0 Å². The maximum Gasteiger partial charge on any atom is 0.211 e. The van der Waals surface area contributed by atoms with Gasteiger partial charge in [-0.15, -0.1) is 0 Å². The lowest BCUT2D eigenvalue weighted by atomic mass is 10.2. The monoisotopic (exact) mass is 269 g/mol. The van der Waals surface area contributed by atoms with E-state index in [1.165, 1.54) is 0 Å². The molecule has 0 bridgehead atoms. The standard InChI is InChI=1S/C11H15N3O3S/c1-2-18(15,16)13-9-10(11-5-3-8-17-11)14-7-4-6-12-14/h3-8,10,13H,2,9H2,1H3. The fraction of sp³-hybridized carbons (Fsp3) is 0.364. The number of aromatic nitrogens is 2. The Labute approximate surface area is 106 Å². The molecule has 7 heteroatoms. The summed E-state index contributed by atoms with van der Waals surface area (Å²) in [6.07, 6.45) is 4.97. The molecule has 2 aromatic rings. The Hall–Kier alpha value is -1.60. The molecule has 18 heavy (non-hydrogen) atoms. The Kier molecular flexibility index (Phi) is 3.83. The first kappa shape index (κ1) is 12.8. The lowest BCUT2D eigenvalue weighted by molar-refractivity contribution is 0.402. The van der Waals surface area contributed by atoms with Crippen LogP contribution in [0, 0.1) is 0 Å². The van der Waals surface area contributed by atoms with Gasteiger partial charge in [0.2, 0.25) is 10.0 Å². The SMILES string of the molecule is CCS(=O)(=O)NCC(c1ccco1)n1cccn1. The zero-order valence-electron chi connectivity index (χ0n) is 9.98. The number of sulfonamides is 1. The maximum absolute atomic E-state index is 11.5. The Balaban J connectivity index is 2.17. The van der Waals surface area contributed by atoms with Crippen LogP contribution in [0.25, 0.3) is 0 Å². The molecule has 1 N–H and O–H groups in total. The zero-order valence-corrected chi connectivity index (χ0v) is 10.8. The molecule has 6 nitrogen and oxygen atoms in total. The summed E-state index contributed by atoms with van der Waals surface area (Å²) < 4.78 is 32.5. The van der Waals surface area contributed by atoms with Gasteiger partial charge in [0.05, 0.1) is 12.0 Å². The predicted octanol–water partition coefficient (Wildman–Crippen LogP) is 1.00. The predicted molar refractivity (Wildman–Crippen MR) is 66.5 cm³/mol. The summed E-state index contributed by atoms with van der Waals surface area (Å²) in [7, 11) is -3.23. The van der Waals surface area contributed by atoms with Gasteiger partial charge in [0, 0.05) is 18.9 Å². The van der Waals surface area contributed by atoms with Crippen LogP contribution in [0.15, 0.2) is 41.3 Å². The lowest BCUT2D eigenvalue weighted by Gasteiger charge is -2.15. The van der Waals surface area contributed by atoms with E-state index in [4.69, 9.17) is 4.42 Å². The van der Waals surface area contributed by atoms with E-state index in [0.717, 1.165) is 0 Å². The van der Waals surface area contributed by atoms with Gasteiger partial charge < -0.3 is 4.42 Å². The second-order valence-corrected chi connectivity index (χ2v) is 5.86. The van der Waals surface area contributed by atoms with Gasteiger partial charge in [0.15, 0.2) is 0 Å². The third kappa shape index (κ3) is 2.99. The molecular formula is C11H15N3O3S. The van der Waals surface area contributed by atoms with E-state index in [0.29, 0.717) is 5.76 Å². The molecule has 0 radical (unpaired) electrons. The van der Waals surface area contributed by atoms with E-state index in [9.17, 15) is 8.42 Å². The molecule has 2 rings (SSSR count). The van der Waals surface area contributed by atoms with E-state index in [2.05, 4.69) is 9.82 Å². The molecule has 0 aliphatic carbocycles. The molecule has 0 spiro atoms. The van der Waals surface area contributed by atoms with Crippen LogP contribution in [0.5, 0.6) is 0 Å². The molecule has 98 valence electrons. The van der Waals surface area contributed by atoms with Gasteiger partial charge in [-0.05, 0) is 25.1 Å². The third-order valence-corrected chi connectivity index (χ3v) is 3.96. The minimum atomic E-state index is -3.23. The summed E-state index contributed by atoms with van der Waals surface area (Å²) in [6, 6.07) is 5.06. The summed E-state index contributed by atoms with van der Waals surface area (Å²) >= 11 is 0. The molecule has 0 aliphatic heterocycles. The number of hydrogen-bond donors (Lipinski definition) is 1. The average Bonchev–Trinajstić information content (AvgIpc) is 3.01. The van der Waals surface area contributed by atoms with Crippen molar-refractivity contribution in [1.29, 1.82) is 0 Å².